The van der Waals surface area contributed by atoms with Crippen LogP contribution in [0.4, 0.5) is 0 Å². The summed E-state index contributed by atoms with van der Waals surface area (Å²) in [7, 11) is 0. The van der Waals surface area contributed by atoms with Crippen molar-refractivity contribution < 1.29 is 4.79 Å². The van der Waals surface area contributed by atoms with Crippen LogP contribution in [-0.2, 0) is 6.42 Å². The van der Waals surface area contributed by atoms with Crippen molar-refractivity contribution in [2.45, 2.75) is 39.5 Å². The number of rotatable bonds is 6. The van der Waals surface area contributed by atoms with Crippen LogP contribution in [0.15, 0.2) is 36.5 Å². The summed E-state index contributed by atoms with van der Waals surface area (Å²) in [5.41, 5.74) is 4.10. The number of pyridine rings is 1. The van der Waals surface area contributed by atoms with Gasteiger partial charge in [-0.05, 0) is 37.0 Å². The summed E-state index contributed by atoms with van der Waals surface area (Å²) in [6.45, 7) is 4.29. The number of carbonyl (C=O) groups excluding carboxylic acids is 1. The molecule has 0 saturated carbocycles. The van der Waals surface area contributed by atoms with Gasteiger partial charge in [-0.3, -0.25) is 9.78 Å². The largest absolute Gasteiger partial charge is 0.298 e. The Balaban J connectivity index is 2.26. The first-order chi connectivity index (χ1) is 9.77. The predicted molar refractivity (Wildman–Crippen MR) is 84.2 cm³/mol. The fourth-order valence-corrected chi connectivity index (χ4v) is 2.40. The average molecular weight is 267 g/mol. The van der Waals surface area contributed by atoms with Crippen molar-refractivity contribution in [1.29, 1.82) is 0 Å². The van der Waals surface area contributed by atoms with Gasteiger partial charge in [0, 0.05) is 17.1 Å². The summed E-state index contributed by atoms with van der Waals surface area (Å²) in [4.78, 5) is 15.5. The molecule has 0 amide bonds. The van der Waals surface area contributed by atoms with E-state index in [1.54, 1.807) is 12.3 Å². The molecule has 2 heteroatoms. The Labute approximate surface area is 120 Å². The third-order valence-corrected chi connectivity index (χ3v) is 3.67. The van der Waals surface area contributed by atoms with Crippen molar-refractivity contribution in [3.63, 3.8) is 0 Å². The highest BCUT2D eigenvalue weighted by Gasteiger charge is 2.06. The molecular weight excluding hydrogens is 246 g/mol. The van der Waals surface area contributed by atoms with Gasteiger partial charge in [-0.25, -0.2) is 0 Å². The second-order valence-electron chi connectivity index (χ2n) is 5.08. The van der Waals surface area contributed by atoms with E-state index >= 15 is 0 Å². The molecule has 1 aromatic carbocycles. The number of aryl methyl sites for hydroxylation is 1. The number of nitrogens with zero attached hydrogens (tertiary/aromatic N) is 1. The van der Waals surface area contributed by atoms with Gasteiger partial charge in [0.05, 0.1) is 5.52 Å². The van der Waals surface area contributed by atoms with Gasteiger partial charge in [0.15, 0.2) is 6.29 Å². The molecular formula is C18H21NO. The quantitative estimate of drug-likeness (QED) is 0.433. The number of unbranched alkanes of at least 4 members (excludes halogenated alkanes) is 2. The highest BCUT2D eigenvalue weighted by Crippen LogP contribution is 2.22. The van der Waals surface area contributed by atoms with Gasteiger partial charge in [0.2, 0.25) is 0 Å². The summed E-state index contributed by atoms with van der Waals surface area (Å²) in [6, 6.07) is 5.88. The van der Waals surface area contributed by atoms with Gasteiger partial charge in [-0.15, -0.1) is 0 Å². The average Bonchev–Trinajstić information content (AvgIpc) is 2.48. The molecule has 2 aromatic rings. The molecule has 20 heavy (non-hydrogen) atoms. The summed E-state index contributed by atoms with van der Waals surface area (Å²) < 4.78 is 0. The highest BCUT2D eigenvalue weighted by atomic mass is 16.1. The number of aromatic nitrogens is 1. The molecule has 0 atom stereocenters. The Morgan fingerprint density at radius 3 is 2.80 bits per heavy atom. The van der Waals surface area contributed by atoms with Crippen LogP contribution in [0.1, 0.15) is 47.7 Å². The normalized spacial score (nSPS) is 11.3. The van der Waals surface area contributed by atoms with E-state index in [4.69, 9.17) is 0 Å². The van der Waals surface area contributed by atoms with Crippen LogP contribution in [0, 0.1) is 6.92 Å². The van der Waals surface area contributed by atoms with Crippen LogP contribution in [0.3, 0.4) is 0 Å². The van der Waals surface area contributed by atoms with E-state index < -0.39 is 0 Å². The predicted octanol–water partition coefficient (Wildman–Crippen LogP) is 4.64. The van der Waals surface area contributed by atoms with Crippen molar-refractivity contribution >= 4 is 17.2 Å². The molecule has 0 aliphatic carbocycles. The van der Waals surface area contributed by atoms with Gasteiger partial charge in [0.25, 0.3) is 0 Å². The second kappa shape index (κ2) is 6.99. The topological polar surface area (TPSA) is 30.0 Å². The van der Waals surface area contributed by atoms with Crippen LogP contribution >= 0.6 is 0 Å². The molecule has 0 fully saturated rings. The van der Waals surface area contributed by atoms with E-state index in [-0.39, 0.29) is 0 Å². The zero-order chi connectivity index (χ0) is 14.4. The minimum Gasteiger partial charge on any atom is -0.298 e. The van der Waals surface area contributed by atoms with Crippen LogP contribution < -0.4 is 0 Å². The molecule has 0 aliphatic heterocycles. The molecule has 0 spiro atoms. The molecule has 0 N–H and O–H groups in total. The molecule has 0 aliphatic rings. The third kappa shape index (κ3) is 3.13. The van der Waals surface area contributed by atoms with Crippen molar-refractivity contribution in [2.75, 3.05) is 0 Å². The van der Waals surface area contributed by atoms with Crippen LogP contribution in [-0.4, -0.2) is 11.3 Å². The number of allylic oxidation sites excluding steroid dienone is 2. The van der Waals surface area contributed by atoms with Gasteiger partial charge < -0.3 is 0 Å². The first-order valence-electron chi connectivity index (χ1n) is 7.25. The number of aldehydes is 1. The molecule has 2 rings (SSSR count). The number of fused-ring (bicyclic) bond motifs is 1. The van der Waals surface area contributed by atoms with Crippen molar-refractivity contribution in [2.24, 2.45) is 0 Å². The lowest BCUT2D eigenvalue weighted by molar-refractivity contribution is 0.112. The number of benzene rings is 1. The third-order valence-electron chi connectivity index (χ3n) is 3.67. The zero-order valence-corrected chi connectivity index (χ0v) is 12.2. The standard InChI is InChI=1S/C18H21NO/c1-3-4-5-6-7-8-15-9-10-17-16(13-20)11-12-19-18(17)14(15)2/h6-7,9-13H,3-5,8H2,1-2H3/b7-6-. The lowest BCUT2D eigenvalue weighted by Crippen LogP contribution is -1.94. The van der Waals surface area contributed by atoms with Crippen LogP contribution in [0.5, 0.6) is 0 Å². The Morgan fingerprint density at radius 2 is 2.05 bits per heavy atom. The van der Waals surface area contributed by atoms with Gasteiger partial charge in [-0.2, -0.15) is 0 Å². The maximum atomic E-state index is 11.1. The molecule has 0 unspecified atom stereocenters. The van der Waals surface area contributed by atoms with Gasteiger partial charge in [-0.1, -0.05) is 44.1 Å². The summed E-state index contributed by atoms with van der Waals surface area (Å²) in [6.07, 6.45) is 11.6. The van der Waals surface area contributed by atoms with Crippen molar-refractivity contribution in [3.8, 4) is 0 Å². The SMILES string of the molecule is CCCC/C=C\Cc1ccc2c(C=O)ccnc2c1C. The van der Waals surface area contributed by atoms with E-state index in [0.717, 1.165) is 30.0 Å². The van der Waals surface area contributed by atoms with E-state index in [2.05, 4.69) is 37.0 Å². The Kier molecular flexibility index (Phi) is 5.05. The molecule has 2 nitrogen and oxygen atoms in total. The first kappa shape index (κ1) is 14.4. The molecule has 1 heterocycles. The van der Waals surface area contributed by atoms with E-state index in [1.807, 2.05) is 6.07 Å². The fraction of sp³-hybridized carbons (Fsp3) is 0.333. The van der Waals surface area contributed by atoms with Crippen molar-refractivity contribution in [1.82, 2.24) is 4.98 Å². The molecule has 0 radical (unpaired) electrons. The smallest absolute Gasteiger partial charge is 0.150 e. The summed E-state index contributed by atoms with van der Waals surface area (Å²) in [5, 5.41) is 0.943. The molecule has 0 saturated heterocycles. The Hall–Kier alpha value is -1.96. The summed E-state index contributed by atoms with van der Waals surface area (Å²) in [5.74, 6) is 0. The number of hydrogen-bond acceptors (Lipinski definition) is 2. The molecule has 1 aromatic heterocycles. The number of carbonyl (C=O) groups is 1. The fourth-order valence-electron chi connectivity index (χ4n) is 2.40. The first-order valence-corrected chi connectivity index (χ1v) is 7.25. The van der Waals surface area contributed by atoms with Crippen LogP contribution in [0.2, 0.25) is 0 Å². The molecule has 104 valence electrons. The zero-order valence-electron chi connectivity index (χ0n) is 12.2. The lowest BCUT2D eigenvalue weighted by Gasteiger charge is -2.08. The molecule has 0 bridgehead atoms. The Bertz CT molecular complexity index is 629. The number of hydrogen-bond donors (Lipinski definition) is 0. The van der Waals surface area contributed by atoms with Crippen LogP contribution in [0.25, 0.3) is 10.9 Å². The minimum absolute atomic E-state index is 0.711. The van der Waals surface area contributed by atoms with E-state index in [9.17, 15) is 4.79 Å². The van der Waals surface area contributed by atoms with E-state index in [1.165, 1.54) is 24.0 Å². The van der Waals surface area contributed by atoms with E-state index in [0.29, 0.717) is 5.56 Å². The summed E-state index contributed by atoms with van der Waals surface area (Å²) >= 11 is 0. The van der Waals surface area contributed by atoms with Crippen molar-refractivity contribution in [3.05, 3.63) is 53.2 Å². The van der Waals surface area contributed by atoms with Gasteiger partial charge >= 0.3 is 0 Å². The van der Waals surface area contributed by atoms with Gasteiger partial charge in [0.1, 0.15) is 0 Å². The Morgan fingerprint density at radius 1 is 1.20 bits per heavy atom. The minimum atomic E-state index is 0.711. The maximum absolute atomic E-state index is 11.1. The lowest BCUT2D eigenvalue weighted by atomic mass is 9.99. The highest BCUT2D eigenvalue weighted by molar-refractivity contribution is 5.97. The monoisotopic (exact) mass is 267 g/mol. The second-order valence-corrected chi connectivity index (χ2v) is 5.08. The maximum Gasteiger partial charge on any atom is 0.150 e.